The van der Waals surface area contributed by atoms with E-state index in [2.05, 4.69) is 62.5 Å². The van der Waals surface area contributed by atoms with Gasteiger partial charge in [-0.15, -0.1) is 0 Å². The maximum atomic E-state index is 12.3. The zero-order valence-electron chi connectivity index (χ0n) is 29.0. The Kier molecular flexibility index (Phi) is 33.7. The number of allylic oxidation sites excluding steroid dienone is 8. The van der Waals surface area contributed by atoms with Crippen LogP contribution in [-0.4, -0.2) is 23.1 Å². The first kappa shape index (κ1) is 41.9. The number of unbranched alkanes of at least 4 members (excludes halogenated alkanes) is 18. The number of carbonyl (C=O) groups is 2. The Labute approximate surface area is 272 Å². The Morgan fingerprint density at radius 1 is 0.545 bits per heavy atom. The number of carbonyl (C=O) groups excluding carboxylic acids is 1. The molecule has 0 radical (unpaired) electrons. The minimum absolute atomic E-state index is 0.0907. The average Bonchev–Trinajstić information content (AvgIpc) is 3.00. The van der Waals surface area contributed by atoms with Gasteiger partial charge in [-0.05, 0) is 57.8 Å². The fourth-order valence-corrected chi connectivity index (χ4v) is 5.37. The van der Waals surface area contributed by atoms with Crippen molar-refractivity contribution in [2.45, 2.75) is 193 Å². The molecule has 0 aromatic heterocycles. The van der Waals surface area contributed by atoms with Crippen LogP contribution in [0.1, 0.15) is 187 Å². The summed E-state index contributed by atoms with van der Waals surface area (Å²) in [6.07, 6.45) is 47.0. The molecule has 0 amide bonds. The maximum absolute atomic E-state index is 12.3. The quantitative estimate of drug-likeness (QED) is 0.0454. The van der Waals surface area contributed by atoms with Crippen LogP contribution in [0.4, 0.5) is 0 Å². The van der Waals surface area contributed by atoms with Gasteiger partial charge in [-0.3, -0.25) is 9.59 Å². The summed E-state index contributed by atoms with van der Waals surface area (Å²) >= 11 is 0. The lowest BCUT2D eigenvalue weighted by atomic mass is 10.0. The van der Waals surface area contributed by atoms with Crippen molar-refractivity contribution in [1.29, 1.82) is 0 Å². The SMILES string of the molecule is CC/C=C\C/C=C\C/C=C\C/C=C\CCCCC(=O)OC(CCCCCCCCCCCCCCCCCCC)CC(=O)O. The van der Waals surface area contributed by atoms with E-state index in [1.165, 1.54) is 96.3 Å². The molecular weight excluding hydrogens is 544 g/mol. The van der Waals surface area contributed by atoms with Crippen molar-refractivity contribution in [3.05, 3.63) is 48.6 Å². The highest BCUT2D eigenvalue weighted by molar-refractivity contribution is 5.71. The summed E-state index contributed by atoms with van der Waals surface area (Å²) in [7, 11) is 0. The fraction of sp³-hybridized carbons (Fsp3) is 0.750. The predicted molar refractivity (Wildman–Crippen MR) is 190 cm³/mol. The molecule has 0 heterocycles. The zero-order chi connectivity index (χ0) is 32.2. The van der Waals surface area contributed by atoms with Crippen molar-refractivity contribution in [1.82, 2.24) is 0 Å². The van der Waals surface area contributed by atoms with Gasteiger partial charge in [0.15, 0.2) is 0 Å². The topological polar surface area (TPSA) is 63.6 Å². The second kappa shape index (κ2) is 35.4. The van der Waals surface area contributed by atoms with Gasteiger partial charge < -0.3 is 9.84 Å². The predicted octanol–water partition coefficient (Wildman–Crippen LogP) is 12.8. The van der Waals surface area contributed by atoms with Crippen LogP contribution < -0.4 is 0 Å². The third kappa shape index (κ3) is 34.4. The van der Waals surface area contributed by atoms with Crippen molar-refractivity contribution < 1.29 is 19.4 Å². The number of carboxylic acids is 1. The Hall–Kier alpha value is -2.10. The molecule has 254 valence electrons. The van der Waals surface area contributed by atoms with Gasteiger partial charge in [-0.2, -0.15) is 0 Å². The van der Waals surface area contributed by atoms with Crippen LogP contribution in [0.3, 0.4) is 0 Å². The molecular formula is C40H70O4. The van der Waals surface area contributed by atoms with Gasteiger partial charge in [0.05, 0.1) is 6.42 Å². The number of hydrogen-bond acceptors (Lipinski definition) is 3. The molecule has 44 heavy (non-hydrogen) atoms. The lowest BCUT2D eigenvalue weighted by molar-refractivity contribution is -0.153. The Balaban J connectivity index is 3.73. The van der Waals surface area contributed by atoms with E-state index in [4.69, 9.17) is 4.74 Å². The number of ether oxygens (including phenoxy) is 1. The van der Waals surface area contributed by atoms with E-state index in [1.54, 1.807) is 0 Å². The standard InChI is InChI=1S/C40H70O4/c1-3-5-7-9-11-13-15-17-19-20-22-23-25-27-29-31-33-35-38(37-39(41)42)44-40(43)36-34-32-30-28-26-24-21-18-16-14-12-10-8-6-4-2/h6,8,12,14,18,21,26,28,38H,3-5,7,9-11,13,15-17,19-20,22-25,27,29-37H2,1-2H3,(H,41,42)/b8-6-,14-12-,21-18-,28-26-. The molecule has 0 spiro atoms. The zero-order valence-corrected chi connectivity index (χ0v) is 29.0. The summed E-state index contributed by atoms with van der Waals surface area (Å²) in [5, 5.41) is 9.25. The summed E-state index contributed by atoms with van der Waals surface area (Å²) in [6, 6.07) is 0. The Bertz CT molecular complexity index is 748. The monoisotopic (exact) mass is 615 g/mol. The van der Waals surface area contributed by atoms with Crippen LogP contribution in [0.2, 0.25) is 0 Å². The normalized spacial score (nSPS) is 12.8. The largest absolute Gasteiger partial charge is 0.481 e. The summed E-state index contributed by atoms with van der Waals surface area (Å²) in [5.74, 6) is -1.15. The summed E-state index contributed by atoms with van der Waals surface area (Å²) in [6.45, 7) is 4.42. The van der Waals surface area contributed by atoms with Crippen molar-refractivity contribution in [2.75, 3.05) is 0 Å². The molecule has 0 aromatic carbocycles. The van der Waals surface area contributed by atoms with Crippen LogP contribution in [0.5, 0.6) is 0 Å². The summed E-state index contributed by atoms with van der Waals surface area (Å²) < 4.78 is 5.55. The van der Waals surface area contributed by atoms with Crippen LogP contribution in [0.15, 0.2) is 48.6 Å². The highest BCUT2D eigenvalue weighted by Crippen LogP contribution is 2.17. The molecule has 1 N–H and O–H groups in total. The Morgan fingerprint density at radius 2 is 0.977 bits per heavy atom. The van der Waals surface area contributed by atoms with Gasteiger partial charge in [0.1, 0.15) is 6.10 Å². The number of rotatable bonds is 33. The summed E-state index contributed by atoms with van der Waals surface area (Å²) in [5.41, 5.74) is 0. The van der Waals surface area contributed by atoms with Gasteiger partial charge in [0, 0.05) is 6.42 Å². The maximum Gasteiger partial charge on any atom is 0.307 e. The van der Waals surface area contributed by atoms with Gasteiger partial charge in [-0.1, -0.05) is 165 Å². The molecule has 4 heteroatoms. The highest BCUT2D eigenvalue weighted by atomic mass is 16.5. The van der Waals surface area contributed by atoms with Gasteiger partial charge in [-0.25, -0.2) is 0 Å². The molecule has 0 aliphatic rings. The second-order valence-electron chi connectivity index (χ2n) is 12.4. The molecule has 1 atom stereocenters. The first-order valence-electron chi connectivity index (χ1n) is 18.6. The number of esters is 1. The molecule has 0 bridgehead atoms. The average molecular weight is 615 g/mol. The van der Waals surface area contributed by atoms with E-state index in [1.807, 2.05) is 0 Å². The molecule has 1 unspecified atom stereocenters. The van der Waals surface area contributed by atoms with E-state index < -0.39 is 12.1 Å². The third-order valence-corrected chi connectivity index (χ3v) is 8.05. The minimum Gasteiger partial charge on any atom is -0.481 e. The van der Waals surface area contributed by atoms with Crippen LogP contribution in [0.25, 0.3) is 0 Å². The number of aliphatic carboxylic acids is 1. The van der Waals surface area contributed by atoms with E-state index in [9.17, 15) is 14.7 Å². The van der Waals surface area contributed by atoms with Gasteiger partial charge in [0.2, 0.25) is 0 Å². The van der Waals surface area contributed by atoms with Crippen LogP contribution >= 0.6 is 0 Å². The van der Waals surface area contributed by atoms with Crippen molar-refractivity contribution in [3.63, 3.8) is 0 Å². The van der Waals surface area contributed by atoms with Crippen LogP contribution in [0, 0.1) is 0 Å². The third-order valence-electron chi connectivity index (χ3n) is 8.05. The summed E-state index contributed by atoms with van der Waals surface area (Å²) in [4.78, 5) is 23.6. The molecule has 0 fully saturated rings. The minimum atomic E-state index is -0.894. The van der Waals surface area contributed by atoms with E-state index >= 15 is 0 Å². The molecule has 0 saturated carbocycles. The van der Waals surface area contributed by atoms with E-state index in [0.717, 1.165) is 57.8 Å². The smallest absolute Gasteiger partial charge is 0.307 e. The molecule has 0 saturated heterocycles. The lowest BCUT2D eigenvalue weighted by Crippen LogP contribution is -2.21. The van der Waals surface area contributed by atoms with Gasteiger partial charge in [0.25, 0.3) is 0 Å². The van der Waals surface area contributed by atoms with Crippen molar-refractivity contribution in [2.24, 2.45) is 0 Å². The lowest BCUT2D eigenvalue weighted by Gasteiger charge is -2.16. The first-order chi connectivity index (χ1) is 21.6. The van der Waals surface area contributed by atoms with E-state index in [-0.39, 0.29) is 12.4 Å². The molecule has 4 nitrogen and oxygen atoms in total. The van der Waals surface area contributed by atoms with Crippen LogP contribution in [-0.2, 0) is 14.3 Å². The molecule has 0 aromatic rings. The molecule has 0 aliphatic heterocycles. The Morgan fingerprint density at radius 3 is 1.43 bits per heavy atom. The van der Waals surface area contributed by atoms with Gasteiger partial charge >= 0.3 is 11.9 Å². The number of carboxylic acid groups (broad SMARTS) is 1. The fourth-order valence-electron chi connectivity index (χ4n) is 5.37. The van der Waals surface area contributed by atoms with E-state index in [0.29, 0.717) is 12.8 Å². The number of hydrogen-bond donors (Lipinski definition) is 1. The molecule has 0 aliphatic carbocycles. The highest BCUT2D eigenvalue weighted by Gasteiger charge is 2.17. The molecule has 0 rings (SSSR count). The first-order valence-corrected chi connectivity index (χ1v) is 18.6. The van der Waals surface area contributed by atoms with Crippen molar-refractivity contribution in [3.8, 4) is 0 Å². The van der Waals surface area contributed by atoms with Crippen molar-refractivity contribution >= 4 is 11.9 Å². The second-order valence-corrected chi connectivity index (χ2v) is 12.4.